The van der Waals surface area contributed by atoms with Crippen molar-refractivity contribution in [2.24, 2.45) is 0 Å². The predicted octanol–water partition coefficient (Wildman–Crippen LogP) is 4.40. The largest absolute Gasteiger partial charge is 0.322 e. The Labute approximate surface area is 172 Å². The van der Waals surface area contributed by atoms with Crippen molar-refractivity contribution in [3.8, 4) is 0 Å². The molecular weight excluding hydrogens is 390 g/mol. The van der Waals surface area contributed by atoms with E-state index in [0.29, 0.717) is 28.1 Å². The van der Waals surface area contributed by atoms with Gasteiger partial charge in [0.1, 0.15) is 0 Å². The van der Waals surface area contributed by atoms with Crippen LogP contribution in [0.2, 0.25) is 5.02 Å². The van der Waals surface area contributed by atoms with E-state index in [4.69, 9.17) is 11.6 Å². The van der Waals surface area contributed by atoms with E-state index in [9.17, 15) is 14.4 Å². The normalized spacial score (nSPS) is 12.9. The van der Waals surface area contributed by atoms with Gasteiger partial charge in [-0.25, -0.2) is 4.90 Å². The first-order valence-electron chi connectivity index (χ1n) is 8.90. The van der Waals surface area contributed by atoms with E-state index in [1.807, 2.05) is 6.92 Å². The third-order valence-corrected chi connectivity index (χ3v) is 5.01. The molecule has 1 aliphatic rings. The van der Waals surface area contributed by atoms with E-state index in [2.05, 4.69) is 10.3 Å². The van der Waals surface area contributed by atoms with Crippen LogP contribution in [0.5, 0.6) is 0 Å². The summed E-state index contributed by atoms with van der Waals surface area (Å²) in [5.74, 6) is -1.17. The van der Waals surface area contributed by atoms with Crippen LogP contribution in [0.25, 0.3) is 0 Å². The number of rotatable bonds is 3. The summed E-state index contributed by atoms with van der Waals surface area (Å²) in [4.78, 5) is 43.2. The molecule has 4 rings (SSSR count). The second-order valence-corrected chi connectivity index (χ2v) is 7.10. The Kier molecular flexibility index (Phi) is 4.64. The van der Waals surface area contributed by atoms with E-state index in [1.165, 1.54) is 6.07 Å². The number of hydrogen-bond donors (Lipinski definition) is 1. The van der Waals surface area contributed by atoms with Crippen LogP contribution in [-0.4, -0.2) is 22.7 Å². The summed E-state index contributed by atoms with van der Waals surface area (Å²) in [6.07, 6.45) is 0. The Hall–Kier alpha value is -3.51. The number of carbonyl (C=O) groups excluding carboxylic acids is 3. The number of nitrogens with zero attached hydrogens (tertiary/aromatic N) is 2. The van der Waals surface area contributed by atoms with Gasteiger partial charge in [0.2, 0.25) is 0 Å². The van der Waals surface area contributed by atoms with Gasteiger partial charge in [0.05, 0.1) is 33.1 Å². The minimum atomic E-state index is -0.425. The highest BCUT2D eigenvalue weighted by molar-refractivity contribution is 6.40. The Morgan fingerprint density at radius 2 is 1.62 bits per heavy atom. The molecule has 2 heterocycles. The summed E-state index contributed by atoms with van der Waals surface area (Å²) in [7, 11) is 0. The van der Waals surface area contributed by atoms with Crippen LogP contribution >= 0.6 is 11.6 Å². The van der Waals surface area contributed by atoms with Gasteiger partial charge in [0, 0.05) is 11.4 Å². The highest BCUT2D eigenvalue weighted by atomic mass is 35.5. The van der Waals surface area contributed by atoms with Gasteiger partial charge < -0.3 is 5.32 Å². The molecule has 1 aromatic heterocycles. The number of nitrogens with one attached hydrogen (secondary N) is 1. The van der Waals surface area contributed by atoms with Crippen LogP contribution in [0, 0.1) is 13.8 Å². The van der Waals surface area contributed by atoms with Crippen molar-refractivity contribution < 1.29 is 14.4 Å². The van der Waals surface area contributed by atoms with Crippen molar-refractivity contribution in [3.63, 3.8) is 0 Å². The maximum atomic E-state index is 12.6. The zero-order valence-corrected chi connectivity index (χ0v) is 16.4. The average Bonchev–Trinajstić information content (AvgIpc) is 2.93. The van der Waals surface area contributed by atoms with E-state index >= 15 is 0 Å². The zero-order valence-electron chi connectivity index (χ0n) is 15.7. The molecule has 2 aromatic carbocycles. The third-order valence-electron chi connectivity index (χ3n) is 4.71. The zero-order chi connectivity index (χ0) is 20.7. The molecule has 0 unspecified atom stereocenters. The fourth-order valence-corrected chi connectivity index (χ4v) is 3.56. The van der Waals surface area contributed by atoms with Gasteiger partial charge >= 0.3 is 0 Å². The van der Waals surface area contributed by atoms with Crippen LogP contribution < -0.4 is 10.2 Å². The first kappa shape index (κ1) is 18.8. The molecular formula is C22H16ClN3O3. The first-order valence-corrected chi connectivity index (χ1v) is 9.27. The van der Waals surface area contributed by atoms with E-state index in [0.717, 1.165) is 10.6 Å². The second-order valence-electron chi connectivity index (χ2n) is 6.70. The molecule has 6 nitrogen and oxygen atoms in total. The Balaban J connectivity index is 1.60. The van der Waals surface area contributed by atoms with Crippen LogP contribution in [-0.2, 0) is 0 Å². The summed E-state index contributed by atoms with van der Waals surface area (Å²) in [6, 6.07) is 14.7. The lowest BCUT2D eigenvalue weighted by Crippen LogP contribution is -2.29. The molecule has 0 radical (unpaired) electrons. The van der Waals surface area contributed by atoms with Gasteiger partial charge in [-0.1, -0.05) is 23.7 Å². The molecule has 0 spiro atoms. The number of fused-ring (bicyclic) bond motifs is 1. The number of aryl methyl sites for hydroxylation is 2. The van der Waals surface area contributed by atoms with E-state index in [-0.39, 0.29) is 16.6 Å². The van der Waals surface area contributed by atoms with Gasteiger partial charge in [-0.2, -0.15) is 0 Å². The minimum absolute atomic E-state index is 0.177. The topological polar surface area (TPSA) is 79.4 Å². The molecule has 0 saturated carbocycles. The molecule has 0 fully saturated rings. The SMILES string of the molecule is Cc1ccc(C(=O)Nc2ccc(N3C(=O)c4ccccc4C3=O)c(Cl)c2)c(C)n1. The molecule has 0 aliphatic carbocycles. The molecule has 1 N–H and O–H groups in total. The van der Waals surface area contributed by atoms with Crippen LogP contribution in [0.3, 0.4) is 0 Å². The number of imide groups is 1. The van der Waals surface area contributed by atoms with Gasteiger partial charge in [0.15, 0.2) is 0 Å². The van der Waals surface area contributed by atoms with Crippen molar-refractivity contribution in [2.75, 3.05) is 10.2 Å². The maximum Gasteiger partial charge on any atom is 0.266 e. The predicted molar refractivity (Wildman–Crippen MR) is 111 cm³/mol. The number of pyridine rings is 1. The fraction of sp³-hybridized carbons (Fsp3) is 0.0909. The molecule has 144 valence electrons. The van der Waals surface area contributed by atoms with Crippen LogP contribution in [0.15, 0.2) is 54.6 Å². The van der Waals surface area contributed by atoms with Crippen LogP contribution in [0.4, 0.5) is 11.4 Å². The number of carbonyl (C=O) groups is 3. The summed E-state index contributed by atoms with van der Waals surface area (Å²) < 4.78 is 0. The molecule has 7 heteroatoms. The molecule has 0 atom stereocenters. The Morgan fingerprint density at radius 1 is 0.966 bits per heavy atom. The van der Waals surface area contributed by atoms with E-state index < -0.39 is 11.8 Å². The van der Waals surface area contributed by atoms with Gasteiger partial charge in [-0.15, -0.1) is 0 Å². The van der Waals surface area contributed by atoms with Crippen LogP contribution in [0.1, 0.15) is 42.5 Å². The lowest BCUT2D eigenvalue weighted by Gasteiger charge is -2.16. The third kappa shape index (κ3) is 3.28. The van der Waals surface area contributed by atoms with Crippen molar-refractivity contribution in [3.05, 3.63) is 87.7 Å². The van der Waals surface area contributed by atoms with Gasteiger partial charge in [0.25, 0.3) is 17.7 Å². The number of amides is 3. The lowest BCUT2D eigenvalue weighted by atomic mass is 10.1. The Bertz CT molecular complexity index is 1150. The molecule has 0 bridgehead atoms. The van der Waals surface area contributed by atoms with Gasteiger partial charge in [-0.05, 0) is 56.3 Å². The summed E-state index contributed by atoms with van der Waals surface area (Å²) in [5, 5.41) is 2.94. The molecule has 3 aromatic rings. The highest BCUT2D eigenvalue weighted by Crippen LogP contribution is 2.34. The fourth-order valence-electron chi connectivity index (χ4n) is 3.30. The lowest BCUT2D eigenvalue weighted by molar-refractivity contribution is 0.0924. The quantitative estimate of drug-likeness (QED) is 0.655. The standard InChI is InChI=1S/C22H16ClN3O3/c1-12-7-9-15(13(2)24-12)20(27)25-14-8-10-19(18(23)11-14)26-21(28)16-5-3-4-6-17(16)22(26)29/h3-11H,1-2H3,(H,25,27). The van der Waals surface area contributed by atoms with Crippen molar-refractivity contribution >= 4 is 40.7 Å². The number of halogens is 1. The number of anilines is 2. The first-order chi connectivity index (χ1) is 13.9. The maximum absolute atomic E-state index is 12.6. The van der Waals surface area contributed by atoms with E-state index in [1.54, 1.807) is 55.5 Å². The highest BCUT2D eigenvalue weighted by Gasteiger charge is 2.37. The molecule has 0 saturated heterocycles. The minimum Gasteiger partial charge on any atom is -0.322 e. The number of hydrogen-bond acceptors (Lipinski definition) is 4. The number of benzene rings is 2. The summed E-state index contributed by atoms with van der Waals surface area (Å²) >= 11 is 6.35. The van der Waals surface area contributed by atoms with Crippen molar-refractivity contribution in [2.45, 2.75) is 13.8 Å². The summed E-state index contributed by atoms with van der Waals surface area (Å²) in [5.41, 5.74) is 3.30. The molecule has 3 amide bonds. The van der Waals surface area contributed by atoms with Crippen molar-refractivity contribution in [1.82, 2.24) is 4.98 Å². The number of aromatic nitrogens is 1. The summed E-state index contributed by atoms with van der Waals surface area (Å²) in [6.45, 7) is 3.62. The average molecular weight is 406 g/mol. The monoisotopic (exact) mass is 405 g/mol. The van der Waals surface area contributed by atoms with Crippen molar-refractivity contribution in [1.29, 1.82) is 0 Å². The smallest absolute Gasteiger partial charge is 0.266 e. The molecule has 1 aliphatic heterocycles. The Morgan fingerprint density at radius 3 is 2.21 bits per heavy atom. The van der Waals surface area contributed by atoms with Gasteiger partial charge in [-0.3, -0.25) is 19.4 Å². The molecule has 29 heavy (non-hydrogen) atoms. The second kappa shape index (κ2) is 7.14.